The summed E-state index contributed by atoms with van der Waals surface area (Å²) in [5.41, 5.74) is 0. The summed E-state index contributed by atoms with van der Waals surface area (Å²) in [6.07, 6.45) is 7.65. The standard InChI is InChI=1S/C16H28N4OS/c1-11(2)10-17-15(21)12(3)22-16-18-14(19-20-16)9-8-13-6-4-5-7-13/h11-13H,4-10H2,1-3H3,(H,17,21)(H,18,19,20). The van der Waals surface area contributed by atoms with Gasteiger partial charge in [0.05, 0.1) is 5.25 Å². The Kier molecular flexibility index (Phi) is 6.73. The highest BCUT2D eigenvalue weighted by Gasteiger charge is 2.18. The third-order valence-electron chi connectivity index (χ3n) is 4.11. The minimum absolute atomic E-state index is 0.0519. The molecule has 1 aromatic heterocycles. The first-order valence-electron chi connectivity index (χ1n) is 8.40. The average Bonchev–Trinajstić information content (AvgIpc) is 3.13. The van der Waals surface area contributed by atoms with Crippen LogP contribution in [0.5, 0.6) is 0 Å². The summed E-state index contributed by atoms with van der Waals surface area (Å²) in [6, 6.07) is 0. The van der Waals surface area contributed by atoms with Crippen molar-refractivity contribution < 1.29 is 4.79 Å². The first-order valence-corrected chi connectivity index (χ1v) is 9.28. The van der Waals surface area contributed by atoms with Gasteiger partial charge in [-0.1, -0.05) is 51.3 Å². The zero-order chi connectivity index (χ0) is 15.9. The van der Waals surface area contributed by atoms with E-state index in [0.29, 0.717) is 17.6 Å². The van der Waals surface area contributed by atoms with E-state index in [-0.39, 0.29) is 11.2 Å². The molecule has 1 saturated carbocycles. The molecule has 1 unspecified atom stereocenters. The Morgan fingerprint density at radius 2 is 2.09 bits per heavy atom. The van der Waals surface area contributed by atoms with Gasteiger partial charge in [0, 0.05) is 13.0 Å². The Balaban J connectivity index is 1.74. The summed E-state index contributed by atoms with van der Waals surface area (Å²) in [5.74, 6) is 2.33. The second-order valence-electron chi connectivity index (χ2n) is 6.65. The van der Waals surface area contributed by atoms with Gasteiger partial charge in [-0.05, 0) is 25.2 Å². The molecule has 1 fully saturated rings. The van der Waals surface area contributed by atoms with Gasteiger partial charge in [0.2, 0.25) is 11.1 Å². The fourth-order valence-electron chi connectivity index (χ4n) is 2.74. The number of H-pyrrole nitrogens is 1. The first kappa shape index (κ1) is 17.3. The number of hydrogen-bond donors (Lipinski definition) is 2. The van der Waals surface area contributed by atoms with E-state index >= 15 is 0 Å². The number of carbonyl (C=O) groups excluding carboxylic acids is 1. The van der Waals surface area contributed by atoms with Crippen LogP contribution in [0, 0.1) is 11.8 Å². The fraction of sp³-hybridized carbons (Fsp3) is 0.812. The van der Waals surface area contributed by atoms with Crippen molar-refractivity contribution in [3.8, 4) is 0 Å². The van der Waals surface area contributed by atoms with Crippen molar-refractivity contribution in [2.75, 3.05) is 6.54 Å². The highest BCUT2D eigenvalue weighted by Crippen LogP contribution is 2.28. The van der Waals surface area contributed by atoms with Crippen molar-refractivity contribution in [3.05, 3.63) is 5.82 Å². The van der Waals surface area contributed by atoms with E-state index in [1.54, 1.807) is 0 Å². The molecule has 1 heterocycles. The minimum Gasteiger partial charge on any atom is -0.355 e. The van der Waals surface area contributed by atoms with E-state index in [9.17, 15) is 4.79 Å². The second kappa shape index (κ2) is 8.56. The molecular formula is C16H28N4OS. The summed E-state index contributed by atoms with van der Waals surface area (Å²) in [5, 5.41) is 10.7. The Morgan fingerprint density at radius 1 is 1.36 bits per heavy atom. The van der Waals surface area contributed by atoms with E-state index in [4.69, 9.17) is 0 Å². The van der Waals surface area contributed by atoms with Crippen LogP contribution in [0.4, 0.5) is 0 Å². The Labute approximate surface area is 137 Å². The van der Waals surface area contributed by atoms with Gasteiger partial charge in [0.15, 0.2) is 0 Å². The zero-order valence-corrected chi connectivity index (χ0v) is 14.7. The summed E-state index contributed by atoms with van der Waals surface area (Å²) < 4.78 is 0. The Bertz CT molecular complexity index is 468. The van der Waals surface area contributed by atoms with E-state index in [2.05, 4.69) is 34.3 Å². The van der Waals surface area contributed by atoms with Crippen molar-refractivity contribution >= 4 is 17.7 Å². The number of aryl methyl sites for hydroxylation is 1. The zero-order valence-electron chi connectivity index (χ0n) is 13.9. The monoisotopic (exact) mass is 324 g/mol. The predicted molar refractivity (Wildman–Crippen MR) is 89.8 cm³/mol. The van der Waals surface area contributed by atoms with Crippen molar-refractivity contribution in [2.24, 2.45) is 11.8 Å². The lowest BCUT2D eigenvalue weighted by molar-refractivity contribution is -0.120. The lowest BCUT2D eigenvalue weighted by atomic mass is 10.0. The van der Waals surface area contributed by atoms with Crippen molar-refractivity contribution in [2.45, 2.75) is 69.7 Å². The summed E-state index contributed by atoms with van der Waals surface area (Å²) >= 11 is 1.42. The fourth-order valence-corrected chi connectivity index (χ4v) is 3.51. The Morgan fingerprint density at radius 3 is 2.77 bits per heavy atom. The lowest BCUT2D eigenvalue weighted by Crippen LogP contribution is -2.33. The maximum absolute atomic E-state index is 12.0. The number of hydrogen-bond acceptors (Lipinski definition) is 4. The highest BCUT2D eigenvalue weighted by atomic mass is 32.2. The largest absolute Gasteiger partial charge is 0.355 e. The van der Waals surface area contributed by atoms with Crippen LogP contribution >= 0.6 is 11.8 Å². The molecule has 5 nitrogen and oxygen atoms in total. The molecule has 1 amide bonds. The molecule has 2 rings (SSSR count). The van der Waals surface area contributed by atoms with Gasteiger partial charge in [0.1, 0.15) is 5.82 Å². The summed E-state index contributed by atoms with van der Waals surface area (Å²) in [6.45, 7) is 6.78. The second-order valence-corrected chi connectivity index (χ2v) is 7.96. The normalized spacial score (nSPS) is 17.1. The third kappa shape index (κ3) is 5.63. The molecule has 0 bridgehead atoms. The van der Waals surface area contributed by atoms with Gasteiger partial charge in [-0.3, -0.25) is 9.89 Å². The third-order valence-corrected chi connectivity index (χ3v) is 5.07. The molecule has 2 N–H and O–H groups in total. The van der Waals surface area contributed by atoms with Crippen molar-refractivity contribution in [1.29, 1.82) is 0 Å². The SMILES string of the molecule is CC(C)CNC(=O)C(C)Sc1n[nH]c(CCC2CCCC2)n1. The molecule has 0 saturated heterocycles. The molecule has 0 aliphatic heterocycles. The van der Waals surface area contributed by atoms with Crippen LogP contribution < -0.4 is 5.32 Å². The number of carbonyl (C=O) groups is 1. The molecule has 1 aromatic rings. The van der Waals surface area contributed by atoms with Gasteiger partial charge in [0.25, 0.3) is 0 Å². The van der Waals surface area contributed by atoms with Gasteiger partial charge in [-0.25, -0.2) is 4.98 Å². The summed E-state index contributed by atoms with van der Waals surface area (Å²) in [7, 11) is 0. The number of aromatic nitrogens is 3. The molecule has 0 aromatic carbocycles. The van der Waals surface area contributed by atoms with Crippen molar-refractivity contribution in [3.63, 3.8) is 0 Å². The summed E-state index contributed by atoms with van der Waals surface area (Å²) in [4.78, 5) is 16.5. The molecule has 0 radical (unpaired) electrons. The van der Waals surface area contributed by atoms with Gasteiger partial charge in [-0.2, -0.15) is 0 Å². The number of nitrogens with zero attached hydrogens (tertiary/aromatic N) is 2. The smallest absolute Gasteiger partial charge is 0.233 e. The molecular weight excluding hydrogens is 296 g/mol. The van der Waals surface area contributed by atoms with Crippen LogP contribution in [0.3, 0.4) is 0 Å². The highest BCUT2D eigenvalue weighted by molar-refractivity contribution is 8.00. The van der Waals surface area contributed by atoms with Gasteiger partial charge < -0.3 is 5.32 Å². The number of rotatable bonds is 8. The number of aromatic amines is 1. The predicted octanol–water partition coefficient (Wildman–Crippen LogP) is 3.18. The molecule has 1 aliphatic carbocycles. The van der Waals surface area contributed by atoms with Crippen LogP contribution in [-0.2, 0) is 11.2 Å². The lowest BCUT2D eigenvalue weighted by Gasteiger charge is -2.11. The number of amides is 1. The van der Waals surface area contributed by atoms with Crippen molar-refractivity contribution in [1.82, 2.24) is 20.5 Å². The molecule has 124 valence electrons. The maximum Gasteiger partial charge on any atom is 0.233 e. The van der Waals surface area contributed by atoms with Crippen LogP contribution in [0.1, 0.15) is 58.7 Å². The van der Waals surface area contributed by atoms with Crippen LogP contribution in [0.15, 0.2) is 5.16 Å². The number of nitrogens with one attached hydrogen (secondary N) is 2. The first-order chi connectivity index (χ1) is 10.5. The van der Waals surface area contributed by atoms with E-state index in [1.807, 2.05) is 6.92 Å². The topological polar surface area (TPSA) is 70.7 Å². The van der Waals surface area contributed by atoms with E-state index < -0.39 is 0 Å². The van der Waals surface area contributed by atoms with Crippen LogP contribution in [-0.4, -0.2) is 32.9 Å². The average molecular weight is 324 g/mol. The number of thioether (sulfide) groups is 1. The van der Waals surface area contributed by atoms with E-state index in [1.165, 1.54) is 43.9 Å². The minimum atomic E-state index is -0.169. The molecule has 1 aliphatic rings. The van der Waals surface area contributed by atoms with Crippen LogP contribution in [0.2, 0.25) is 0 Å². The van der Waals surface area contributed by atoms with E-state index in [0.717, 1.165) is 18.2 Å². The molecule has 1 atom stereocenters. The molecule has 0 spiro atoms. The van der Waals surface area contributed by atoms with Gasteiger partial charge >= 0.3 is 0 Å². The van der Waals surface area contributed by atoms with Gasteiger partial charge in [-0.15, -0.1) is 5.10 Å². The Hall–Kier alpha value is -1.04. The quantitative estimate of drug-likeness (QED) is 0.721. The maximum atomic E-state index is 12.0. The molecule has 6 heteroatoms. The molecule has 22 heavy (non-hydrogen) atoms. The van der Waals surface area contributed by atoms with Crippen LogP contribution in [0.25, 0.3) is 0 Å².